The zero-order chi connectivity index (χ0) is 25.0. The van der Waals surface area contributed by atoms with Gasteiger partial charge in [-0.2, -0.15) is 0 Å². The van der Waals surface area contributed by atoms with Crippen LogP contribution in [0.25, 0.3) is 55.2 Å². The first-order valence-electron chi connectivity index (χ1n) is 12.5. The van der Waals surface area contributed by atoms with E-state index in [9.17, 15) is 0 Å². The Labute approximate surface area is 211 Å². The maximum Gasteiger partial charge on any atom is 0.180 e. The Kier molecular flexibility index (Phi) is 5.19. The molecule has 0 spiro atoms. The van der Waals surface area contributed by atoms with Crippen LogP contribution in [0, 0.1) is 19.3 Å². The third-order valence-corrected chi connectivity index (χ3v) is 6.94. The van der Waals surface area contributed by atoms with Crippen molar-refractivity contribution in [1.82, 2.24) is 9.97 Å². The van der Waals surface area contributed by atoms with E-state index >= 15 is 0 Å². The average Bonchev–Trinajstić information content (AvgIpc) is 3.20. The van der Waals surface area contributed by atoms with Crippen molar-refractivity contribution in [2.75, 3.05) is 0 Å². The minimum atomic E-state index is 0.265. The molecule has 3 nitrogen and oxygen atoms in total. The predicted molar refractivity (Wildman–Crippen MR) is 150 cm³/mol. The first kappa shape index (κ1) is 22.5. The molecule has 0 aliphatic rings. The fourth-order valence-corrected chi connectivity index (χ4v) is 5.31. The predicted octanol–water partition coefficient (Wildman–Crippen LogP) is 9.07. The summed E-state index contributed by atoms with van der Waals surface area (Å²) in [6.45, 7) is 11.2. The molecule has 6 rings (SSSR count). The van der Waals surface area contributed by atoms with Crippen LogP contribution in [0.2, 0.25) is 0 Å². The number of aryl methyl sites for hydroxylation is 2. The molecule has 3 heteroatoms. The van der Waals surface area contributed by atoms with E-state index in [1.54, 1.807) is 6.33 Å². The third-order valence-electron chi connectivity index (χ3n) is 6.94. The molecule has 0 amide bonds. The average molecular weight is 471 g/mol. The van der Waals surface area contributed by atoms with Gasteiger partial charge in [0.15, 0.2) is 5.58 Å². The van der Waals surface area contributed by atoms with Crippen molar-refractivity contribution >= 4 is 32.8 Å². The van der Waals surface area contributed by atoms with E-state index in [1.165, 1.54) is 38.6 Å². The molecule has 0 aliphatic heterocycles. The molecule has 0 atom stereocenters. The molecule has 0 saturated carbocycles. The molecule has 178 valence electrons. The molecule has 4 aromatic carbocycles. The zero-order valence-electron chi connectivity index (χ0n) is 21.5. The van der Waals surface area contributed by atoms with Crippen LogP contribution < -0.4 is 0 Å². The fourth-order valence-electron chi connectivity index (χ4n) is 5.31. The maximum atomic E-state index is 6.47. The Hall–Kier alpha value is -3.98. The highest BCUT2D eigenvalue weighted by Gasteiger charge is 2.18. The quantitative estimate of drug-likeness (QED) is 0.259. The molecule has 36 heavy (non-hydrogen) atoms. The van der Waals surface area contributed by atoms with Crippen molar-refractivity contribution in [1.29, 1.82) is 0 Å². The number of fused-ring (bicyclic) bond motifs is 4. The minimum absolute atomic E-state index is 0.265. The van der Waals surface area contributed by atoms with E-state index in [1.807, 2.05) is 0 Å². The summed E-state index contributed by atoms with van der Waals surface area (Å²) in [5.74, 6) is 0. The van der Waals surface area contributed by atoms with Gasteiger partial charge in [0.05, 0.1) is 0 Å². The van der Waals surface area contributed by atoms with Crippen LogP contribution in [0.1, 0.15) is 37.5 Å². The summed E-state index contributed by atoms with van der Waals surface area (Å²) in [6.07, 6.45) is 2.70. The van der Waals surface area contributed by atoms with Crippen LogP contribution in [0.4, 0.5) is 0 Å². The molecule has 0 fully saturated rings. The van der Waals surface area contributed by atoms with Crippen molar-refractivity contribution in [3.63, 3.8) is 0 Å². The summed E-state index contributed by atoms with van der Waals surface area (Å²) in [5, 5.41) is 3.42. The Balaban J connectivity index is 1.48. The van der Waals surface area contributed by atoms with Crippen molar-refractivity contribution in [2.45, 2.75) is 41.0 Å². The molecule has 2 heterocycles. The second-order valence-electron chi connectivity index (χ2n) is 11.1. The standard InChI is InChI=1S/C33H30N2O/c1-20-14-22(18-33(3,4)5)10-13-26(20)27-17-29-28(15-21(27)2)31-32(36-29)30(34-19-35-31)25-12-11-23-8-6-7-9-24(23)16-25/h6-17,19H,18H2,1-5H3. The second kappa shape index (κ2) is 8.30. The number of furan rings is 1. The Bertz CT molecular complexity index is 1770. The number of hydrogen-bond acceptors (Lipinski definition) is 3. The summed E-state index contributed by atoms with van der Waals surface area (Å²) < 4.78 is 6.47. The van der Waals surface area contributed by atoms with Crippen LogP contribution >= 0.6 is 0 Å². The van der Waals surface area contributed by atoms with Gasteiger partial charge in [0.1, 0.15) is 23.1 Å². The number of nitrogens with zero attached hydrogens (tertiary/aromatic N) is 2. The third kappa shape index (κ3) is 3.95. The van der Waals surface area contributed by atoms with Crippen LogP contribution in [0.5, 0.6) is 0 Å². The Morgan fingerprint density at radius 2 is 1.53 bits per heavy atom. The van der Waals surface area contributed by atoms with Crippen molar-refractivity contribution < 1.29 is 4.42 Å². The first-order valence-corrected chi connectivity index (χ1v) is 12.5. The van der Waals surface area contributed by atoms with E-state index in [0.29, 0.717) is 0 Å². The van der Waals surface area contributed by atoms with Gasteiger partial charge in [0.25, 0.3) is 0 Å². The summed E-state index contributed by atoms with van der Waals surface area (Å²) in [6, 6.07) is 26.0. The lowest BCUT2D eigenvalue weighted by atomic mass is 9.86. The van der Waals surface area contributed by atoms with Crippen molar-refractivity contribution in [3.8, 4) is 22.4 Å². The van der Waals surface area contributed by atoms with Gasteiger partial charge in [-0.25, -0.2) is 9.97 Å². The van der Waals surface area contributed by atoms with Gasteiger partial charge in [-0.05, 0) is 82.5 Å². The molecular formula is C33H30N2O. The lowest BCUT2D eigenvalue weighted by Gasteiger charge is -2.19. The number of hydrogen-bond donors (Lipinski definition) is 0. The van der Waals surface area contributed by atoms with E-state index in [0.717, 1.165) is 39.7 Å². The lowest BCUT2D eigenvalue weighted by molar-refractivity contribution is 0.411. The van der Waals surface area contributed by atoms with E-state index in [4.69, 9.17) is 4.42 Å². The Morgan fingerprint density at radius 3 is 2.31 bits per heavy atom. The molecule has 6 aromatic rings. The van der Waals surface area contributed by atoms with E-state index in [2.05, 4.69) is 117 Å². The molecule has 2 aromatic heterocycles. The number of rotatable bonds is 3. The minimum Gasteiger partial charge on any atom is -0.452 e. The van der Waals surface area contributed by atoms with Gasteiger partial charge in [0.2, 0.25) is 0 Å². The number of aromatic nitrogens is 2. The summed E-state index contributed by atoms with van der Waals surface area (Å²) in [5.41, 5.74) is 10.9. The molecule has 0 saturated heterocycles. The SMILES string of the molecule is Cc1cc(CC(C)(C)C)ccc1-c1cc2oc3c(-c4ccc5ccccc5c4)ncnc3c2cc1C. The first-order chi connectivity index (χ1) is 17.3. The van der Waals surface area contributed by atoms with Gasteiger partial charge in [0, 0.05) is 10.9 Å². The van der Waals surface area contributed by atoms with Crippen molar-refractivity contribution in [3.05, 3.63) is 95.8 Å². The Morgan fingerprint density at radius 1 is 0.750 bits per heavy atom. The molecule has 0 radical (unpaired) electrons. The van der Waals surface area contributed by atoms with E-state index in [-0.39, 0.29) is 5.41 Å². The summed E-state index contributed by atoms with van der Waals surface area (Å²) in [7, 11) is 0. The van der Waals surface area contributed by atoms with Crippen LogP contribution in [0.3, 0.4) is 0 Å². The van der Waals surface area contributed by atoms with Gasteiger partial charge < -0.3 is 4.42 Å². The van der Waals surface area contributed by atoms with Crippen LogP contribution in [-0.2, 0) is 6.42 Å². The normalized spacial score (nSPS) is 12.1. The van der Waals surface area contributed by atoms with Crippen LogP contribution in [0.15, 0.2) is 83.5 Å². The van der Waals surface area contributed by atoms with E-state index < -0.39 is 0 Å². The monoisotopic (exact) mass is 470 g/mol. The lowest BCUT2D eigenvalue weighted by Crippen LogP contribution is -2.09. The molecule has 0 aliphatic carbocycles. The highest BCUT2D eigenvalue weighted by atomic mass is 16.3. The van der Waals surface area contributed by atoms with Crippen molar-refractivity contribution in [2.24, 2.45) is 5.41 Å². The molecular weight excluding hydrogens is 440 g/mol. The smallest absolute Gasteiger partial charge is 0.180 e. The summed E-state index contributed by atoms with van der Waals surface area (Å²) >= 11 is 0. The second-order valence-corrected chi connectivity index (χ2v) is 11.1. The highest BCUT2D eigenvalue weighted by Crippen LogP contribution is 2.38. The summed E-state index contributed by atoms with van der Waals surface area (Å²) in [4.78, 5) is 9.25. The van der Waals surface area contributed by atoms with Crippen LogP contribution in [-0.4, -0.2) is 9.97 Å². The topological polar surface area (TPSA) is 38.9 Å². The molecule has 0 N–H and O–H groups in total. The highest BCUT2D eigenvalue weighted by molar-refractivity contribution is 6.08. The van der Waals surface area contributed by atoms with Gasteiger partial charge >= 0.3 is 0 Å². The molecule has 0 unspecified atom stereocenters. The van der Waals surface area contributed by atoms with Gasteiger partial charge in [-0.1, -0.05) is 75.4 Å². The zero-order valence-corrected chi connectivity index (χ0v) is 21.5. The fraction of sp³-hybridized carbons (Fsp3) is 0.212. The van der Waals surface area contributed by atoms with Gasteiger partial charge in [-0.3, -0.25) is 0 Å². The van der Waals surface area contributed by atoms with Gasteiger partial charge in [-0.15, -0.1) is 0 Å². The number of benzene rings is 4. The largest absolute Gasteiger partial charge is 0.452 e. The maximum absolute atomic E-state index is 6.47. The molecule has 0 bridgehead atoms.